The quantitative estimate of drug-likeness (QED) is 0.699. The number of esters is 1. The first-order chi connectivity index (χ1) is 12.9. The van der Waals surface area contributed by atoms with E-state index in [0.717, 1.165) is 0 Å². The van der Waals surface area contributed by atoms with Gasteiger partial charge in [0.25, 0.3) is 11.8 Å². The topological polar surface area (TPSA) is 107 Å². The largest absolute Gasteiger partial charge is 0.497 e. The van der Waals surface area contributed by atoms with Crippen LogP contribution in [0.1, 0.15) is 17.3 Å². The Morgan fingerprint density at radius 2 is 2.00 bits per heavy atom. The van der Waals surface area contributed by atoms with E-state index >= 15 is 0 Å². The number of benzene rings is 1. The van der Waals surface area contributed by atoms with Crippen LogP contribution in [-0.2, 0) is 14.3 Å². The summed E-state index contributed by atoms with van der Waals surface area (Å²) in [6.45, 7) is 1.03. The molecule has 0 saturated carbocycles. The molecule has 1 aromatic heterocycles. The molecule has 1 aromatic carbocycles. The lowest BCUT2D eigenvalue weighted by Crippen LogP contribution is -2.36. The van der Waals surface area contributed by atoms with Crippen molar-refractivity contribution in [3.63, 3.8) is 0 Å². The van der Waals surface area contributed by atoms with E-state index in [4.69, 9.17) is 21.1 Å². The number of pyridine rings is 1. The number of carbonyl (C=O) groups excluding carboxylic acids is 3. The van der Waals surface area contributed by atoms with Gasteiger partial charge in [-0.1, -0.05) is 17.7 Å². The number of anilines is 1. The Labute approximate surface area is 160 Å². The second-order valence-electron chi connectivity index (χ2n) is 5.40. The van der Waals surface area contributed by atoms with Crippen LogP contribution in [0.25, 0.3) is 0 Å². The molecule has 8 nitrogen and oxygen atoms in total. The molecule has 1 atom stereocenters. The van der Waals surface area contributed by atoms with Crippen molar-refractivity contribution >= 4 is 35.2 Å². The zero-order valence-corrected chi connectivity index (χ0v) is 15.4. The molecule has 1 heterocycles. The van der Waals surface area contributed by atoms with Crippen molar-refractivity contribution < 1.29 is 23.9 Å². The number of halogens is 1. The molecule has 0 radical (unpaired) electrons. The SMILES string of the molecule is COc1cccc(C(=O)NCC(=O)O[C@@H](C)C(=O)Nc2ccc(Cl)cn2)c1. The molecule has 0 bridgehead atoms. The first-order valence-corrected chi connectivity index (χ1v) is 8.31. The molecular formula is C18H18ClN3O5. The fourth-order valence-electron chi connectivity index (χ4n) is 1.99. The highest BCUT2D eigenvalue weighted by Gasteiger charge is 2.19. The molecule has 0 aliphatic carbocycles. The number of ether oxygens (including phenoxy) is 2. The Bertz CT molecular complexity index is 826. The average Bonchev–Trinajstić information content (AvgIpc) is 2.67. The molecule has 27 heavy (non-hydrogen) atoms. The van der Waals surface area contributed by atoms with Crippen LogP contribution in [0.4, 0.5) is 5.82 Å². The molecule has 2 rings (SSSR count). The van der Waals surface area contributed by atoms with E-state index < -0.39 is 23.9 Å². The molecule has 142 valence electrons. The zero-order chi connectivity index (χ0) is 19.8. The maximum absolute atomic E-state index is 12.0. The number of methoxy groups -OCH3 is 1. The molecule has 2 N–H and O–H groups in total. The van der Waals surface area contributed by atoms with Crippen molar-refractivity contribution in [1.29, 1.82) is 0 Å². The van der Waals surface area contributed by atoms with Crippen molar-refractivity contribution in [2.45, 2.75) is 13.0 Å². The summed E-state index contributed by atoms with van der Waals surface area (Å²) in [5, 5.41) is 5.34. The summed E-state index contributed by atoms with van der Waals surface area (Å²) in [5.41, 5.74) is 0.335. The molecular weight excluding hydrogens is 374 g/mol. The number of amides is 2. The summed E-state index contributed by atoms with van der Waals surface area (Å²) < 4.78 is 10.0. The van der Waals surface area contributed by atoms with Crippen molar-refractivity contribution in [3.8, 4) is 5.75 Å². The van der Waals surface area contributed by atoms with E-state index in [9.17, 15) is 14.4 Å². The van der Waals surface area contributed by atoms with E-state index in [1.165, 1.54) is 32.4 Å². The van der Waals surface area contributed by atoms with Gasteiger partial charge in [0.1, 0.15) is 18.1 Å². The van der Waals surface area contributed by atoms with Crippen LogP contribution in [0.3, 0.4) is 0 Å². The summed E-state index contributed by atoms with van der Waals surface area (Å²) in [6.07, 6.45) is 0.311. The predicted octanol–water partition coefficient (Wildman–Crippen LogP) is 2.04. The molecule has 0 saturated heterocycles. The molecule has 0 aliphatic heterocycles. The second-order valence-corrected chi connectivity index (χ2v) is 5.83. The number of nitrogens with one attached hydrogen (secondary N) is 2. The van der Waals surface area contributed by atoms with Gasteiger partial charge in [0.05, 0.1) is 12.1 Å². The van der Waals surface area contributed by atoms with Gasteiger partial charge in [0, 0.05) is 11.8 Å². The average molecular weight is 392 g/mol. The summed E-state index contributed by atoms with van der Waals surface area (Å²) in [6, 6.07) is 9.55. The fourth-order valence-corrected chi connectivity index (χ4v) is 2.10. The summed E-state index contributed by atoms with van der Waals surface area (Å²) in [7, 11) is 1.49. The Hall–Kier alpha value is -3.13. The molecule has 0 unspecified atom stereocenters. The van der Waals surface area contributed by atoms with E-state index in [2.05, 4.69) is 15.6 Å². The monoisotopic (exact) mass is 391 g/mol. The number of aromatic nitrogens is 1. The van der Waals surface area contributed by atoms with Crippen LogP contribution in [0.5, 0.6) is 5.75 Å². The Balaban J connectivity index is 1.80. The third-order valence-electron chi connectivity index (χ3n) is 3.38. The van der Waals surface area contributed by atoms with E-state index in [0.29, 0.717) is 16.3 Å². The van der Waals surface area contributed by atoms with Crippen LogP contribution in [-0.4, -0.2) is 42.5 Å². The number of hydrogen-bond donors (Lipinski definition) is 2. The highest BCUT2D eigenvalue weighted by Crippen LogP contribution is 2.12. The lowest BCUT2D eigenvalue weighted by molar-refractivity contribution is -0.152. The first-order valence-electron chi connectivity index (χ1n) is 7.93. The van der Waals surface area contributed by atoms with E-state index in [1.54, 1.807) is 24.3 Å². The molecule has 0 spiro atoms. The van der Waals surface area contributed by atoms with Gasteiger partial charge in [0.2, 0.25) is 0 Å². The van der Waals surface area contributed by atoms with Crippen LogP contribution >= 0.6 is 11.6 Å². The van der Waals surface area contributed by atoms with Crippen LogP contribution in [0, 0.1) is 0 Å². The maximum Gasteiger partial charge on any atom is 0.326 e. The number of rotatable bonds is 7. The Kier molecular flexibility index (Phi) is 7.13. The van der Waals surface area contributed by atoms with Gasteiger partial charge in [0.15, 0.2) is 6.10 Å². The number of nitrogens with zero attached hydrogens (tertiary/aromatic N) is 1. The van der Waals surface area contributed by atoms with Gasteiger partial charge >= 0.3 is 5.97 Å². The van der Waals surface area contributed by atoms with Gasteiger partial charge in [-0.3, -0.25) is 14.4 Å². The summed E-state index contributed by atoms with van der Waals surface area (Å²) in [5.74, 6) is -0.978. The number of carbonyl (C=O) groups is 3. The smallest absolute Gasteiger partial charge is 0.326 e. The van der Waals surface area contributed by atoms with Crippen LogP contribution in [0.15, 0.2) is 42.6 Å². The van der Waals surface area contributed by atoms with E-state index in [-0.39, 0.29) is 12.4 Å². The highest BCUT2D eigenvalue weighted by molar-refractivity contribution is 6.30. The second kappa shape index (κ2) is 9.54. The Morgan fingerprint density at radius 3 is 2.67 bits per heavy atom. The van der Waals surface area contributed by atoms with Crippen molar-refractivity contribution in [1.82, 2.24) is 10.3 Å². The van der Waals surface area contributed by atoms with Gasteiger partial charge in [-0.2, -0.15) is 0 Å². The van der Waals surface area contributed by atoms with Crippen LogP contribution in [0.2, 0.25) is 5.02 Å². The minimum absolute atomic E-state index is 0.277. The van der Waals surface area contributed by atoms with Gasteiger partial charge in [-0.05, 0) is 37.3 Å². The predicted molar refractivity (Wildman–Crippen MR) is 98.8 cm³/mol. The molecule has 2 aromatic rings. The summed E-state index contributed by atoms with van der Waals surface area (Å²) >= 11 is 5.72. The third kappa shape index (κ3) is 6.27. The standard InChI is InChI=1S/C18H18ClN3O5/c1-11(17(24)22-15-7-6-13(19)9-20-15)27-16(23)10-21-18(25)12-4-3-5-14(8-12)26-2/h3-9,11H,10H2,1-2H3,(H,21,25)(H,20,22,24)/t11-/m0/s1. The molecule has 0 aliphatic rings. The molecule has 2 amide bonds. The third-order valence-corrected chi connectivity index (χ3v) is 3.60. The minimum Gasteiger partial charge on any atom is -0.497 e. The minimum atomic E-state index is -1.07. The first kappa shape index (κ1) is 20.2. The maximum atomic E-state index is 12.0. The van der Waals surface area contributed by atoms with E-state index in [1.807, 2.05) is 0 Å². The summed E-state index contributed by atoms with van der Waals surface area (Å²) in [4.78, 5) is 39.8. The lowest BCUT2D eigenvalue weighted by atomic mass is 10.2. The normalized spacial score (nSPS) is 11.2. The highest BCUT2D eigenvalue weighted by atomic mass is 35.5. The van der Waals surface area contributed by atoms with Gasteiger partial charge < -0.3 is 20.1 Å². The van der Waals surface area contributed by atoms with Gasteiger partial charge in [-0.25, -0.2) is 4.98 Å². The van der Waals surface area contributed by atoms with Crippen molar-refractivity contribution in [3.05, 3.63) is 53.2 Å². The molecule has 0 fully saturated rings. The number of hydrogen-bond acceptors (Lipinski definition) is 6. The van der Waals surface area contributed by atoms with Gasteiger partial charge in [-0.15, -0.1) is 0 Å². The zero-order valence-electron chi connectivity index (χ0n) is 14.7. The molecule has 9 heteroatoms. The lowest BCUT2D eigenvalue weighted by Gasteiger charge is -2.13. The Morgan fingerprint density at radius 1 is 1.22 bits per heavy atom. The fraction of sp³-hybridized carbons (Fsp3) is 0.222. The van der Waals surface area contributed by atoms with Crippen molar-refractivity contribution in [2.75, 3.05) is 19.0 Å². The van der Waals surface area contributed by atoms with Crippen molar-refractivity contribution in [2.24, 2.45) is 0 Å². The van der Waals surface area contributed by atoms with Crippen LogP contribution < -0.4 is 15.4 Å².